The predicted octanol–water partition coefficient (Wildman–Crippen LogP) is 0.359. The van der Waals surface area contributed by atoms with Crippen LogP contribution in [0.3, 0.4) is 0 Å². The standard InChI is InChI=1S/O.P.Tl.V. The number of hydrogen-bond acceptors (Lipinski definition) is 0. The van der Waals surface area contributed by atoms with Gasteiger partial charge < -0.3 is 0 Å². The van der Waals surface area contributed by atoms with Crippen molar-refractivity contribution in [2.45, 2.75) is 0 Å². The molecule has 0 rings (SSSR count). The van der Waals surface area contributed by atoms with E-state index in [2.05, 4.69) is 0 Å². The van der Waals surface area contributed by atoms with Crippen molar-refractivity contribution in [1.82, 2.24) is 0 Å². The maximum atomic E-state index is 0. The van der Waals surface area contributed by atoms with Gasteiger partial charge in [0.25, 0.3) is 0 Å². The molecule has 0 saturated heterocycles. The van der Waals surface area contributed by atoms with Crippen molar-refractivity contribution in [2.24, 2.45) is 0 Å². The van der Waals surface area contributed by atoms with Crippen LogP contribution in [-0.2, 0) is 24.0 Å². The Hall–Kier alpha value is 1.90. The normalized spacial score (nSPS) is 0. The van der Waals surface area contributed by atoms with Crippen LogP contribution >= 0.6 is 9.90 Å². The Kier molecular flexibility index (Phi) is 203. The Morgan fingerprint density at radius 3 is 1.00 bits per heavy atom. The molecule has 0 aliphatic heterocycles. The Morgan fingerprint density at radius 2 is 1.00 bits per heavy atom. The second-order valence-electron chi connectivity index (χ2n) is 0. The van der Waals surface area contributed by atoms with Crippen LogP contribution in [0.5, 0.6) is 0 Å². The average molecular weight is 302 g/mol. The van der Waals surface area contributed by atoms with E-state index in [1.54, 1.807) is 0 Å². The SMILES string of the molecule is [O].[P].[Tl].[V]. The van der Waals surface area contributed by atoms with Crippen molar-refractivity contribution in [3.8, 4) is 0 Å². The number of hydrogen-bond donors (Lipinski definition) is 0. The Labute approximate surface area is 60.9 Å². The van der Waals surface area contributed by atoms with E-state index in [0.717, 1.165) is 0 Å². The zero-order valence-corrected chi connectivity index (χ0v) is 8.66. The van der Waals surface area contributed by atoms with Gasteiger partial charge in [-0.2, -0.15) is 0 Å². The van der Waals surface area contributed by atoms with E-state index in [-0.39, 0.29) is 61.2 Å². The summed E-state index contributed by atoms with van der Waals surface area (Å²) in [6.07, 6.45) is 0. The molecule has 0 N–H and O–H groups in total. The molecule has 0 aromatic heterocycles. The molecule has 0 spiro atoms. The molecule has 0 aromatic rings. The van der Waals surface area contributed by atoms with Crippen LogP contribution in [0.15, 0.2) is 0 Å². The molecule has 0 atom stereocenters. The first-order valence-electron chi connectivity index (χ1n) is 0. The molecule has 0 unspecified atom stereocenters. The molecule has 0 aromatic carbocycles. The quantitative estimate of drug-likeness (QED) is 0.457. The fourth-order valence-electron chi connectivity index (χ4n) is 0. The fourth-order valence-corrected chi connectivity index (χ4v) is 0. The van der Waals surface area contributed by atoms with Gasteiger partial charge in [0.1, 0.15) is 0 Å². The van der Waals surface area contributed by atoms with Crippen LogP contribution in [-0.4, -0.2) is 27.3 Å². The third kappa shape index (κ3) is 9.09. The molecule has 0 amide bonds. The second-order valence-corrected chi connectivity index (χ2v) is 0. The van der Waals surface area contributed by atoms with E-state index in [4.69, 9.17) is 0 Å². The molecular weight excluding hydrogens is 302 g/mol. The first-order chi connectivity index (χ1) is 0. The average Bonchev–Trinajstić information content (AvgIpc) is 0. The molecule has 0 aliphatic rings. The Bertz CT molecular complexity index is 8.00. The molecule has 0 bridgehead atoms. The molecule has 4 heavy (non-hydrogen) atoms. The summed E-state index contributed by atoms with van der Waals surface area (Å²) in [4.78, 5) is 0. The minimum absolute atomic E-state index is 0. The third-order valence-electron chi connectivity index (χ3n) is 0. The van der Waals surface area contributed by atoms with Crippen molar-refractivity contribution in [3.63, 3.8) is 0 Å². The molecule has 1 nitrogen and oxygen atoms in total. The largest absolute Gasteiger partial charge is 0 e. The summed E-state index contributed by atoms with van der Waals surface area (Å²) in [6, 6.07) is 0. The summed E-state index contributed by atoms with van der Waals surface area (Å²) >= 11 is 0. The molecule has 0 fully saturated rings. The zero-order valence-electron chi connectivity index (χ0n) is 1.88. The maximum Gasteiger partial charge on any atom is 0 e. The van der Waals surface area contributed by atoms with Crippen LogP contribution in [0.1, 0.15) is 0 Å². The topological polar surface area (TPSA) is 28.5 Å². The van der Waals surface area contributed by atoms with E-state index in [1.807, 2.05) is 0 Å². The summed E-state index contributed by atoms with van der Waals surface area (Å²) in [7, 11) is 0. The molecule has 19 valence electrons. The van der Waals surface area contributed by atoms with Gasteiger partial charge in [-0.05, 0) is 0 Å². The smallest absolute Gasteiger partial charge is 0 e. The minimum Gasteiger partial charge on any atom is 0 e. The molecule has 0 aliphatic carbocycles. The van der Waals surface area contributed by atoms with Gasteiger partial charge in [-0.3, -0.25) is 0 Å². The van der Waals surface area contributed by atoms with Gasteiger partial charge in [0, 0.05) is 61.2 Å². The van der Waals surface area contributed by atoms with Crippen LogP contribution in [0.25, 0.3) is 0 Å². The van der Waals surface area contributed by atoms with Gasteiger partial charge >= 0.3 is 0 Å². The summed E-state index contributed by atoms with van der Waals surface area (Å²) in [5, 5.41) is 0. The fraction of sp³-hybridized carbons (Fsp3) is 0. The van der Waals surface area contributed by atoms with Gasteiger partial charge in [-0.1, -0.05) is 0 Å². The predicted molar refractivity (Wildman–Crippen MR) is 13.4 cm³/mol. The second kappa shape index (κ2) is 20.7. The molecule has 0 heterocycles. The van der Waals surface area contributed by atoms with Crippen molar-refractivity contribution < 1.29 is 24.0 Å². The molecule has 7 radical (unpaired) electrons. The van der Waals surface area contributed by atoms with Crippen LogP contribution in [0, 0.1) is 0 Å². The van der Waals surface area contributed by atoms with Gasteiger partial charge in [0.2, 0.25) is 0 Å². The van der Waals surface area contributed by atoms with Gasteiger partial charge in [-0.15, -0.1) is 0 Å². The number of rotatable bonds is 0. The van der Waals surface area contributed by atoms with E-state index < -0.39 is 0 Å². The molecule has 0 saturated carbocycles. The first-order valence-corrected chi connectivity index (χ1v) is 0. The van der Waals surface area contributed by atoms with Crippen molar-refractivity contribution >= 4 is 37.2 Å². The Morgan fingerprint density at radius 1 is 1.00 bits per heavy atom. The van der Waals surface area contributed by atoms with Gasteiger partial charge in [-0.25, -0.2) is 0 Å². The Balaban J connectivity index is 0. The van der Waals surface area contributed by atoms with Gasteiger partial charge in [0.15, 0.2) is 0 Å². The zero-order chi connectivity index (χ0) is 0. The summed E-state index contributed by atoms with van der Waals surface area (Å²) in [5.74, 6) is 0. The molecular formula is OPTlV. The third-order valence-corrected chi connectivity index (χ3v) is 0. The summed E-state index contributed by atoms with van der Waals surface area (Å²) < 4.78 is 0. The minimum atomic E-state index is 0. The van der Waals surface area contributed by atoms with Crippen LogP contribution in [0.2, 0.25) is 0 Å². The van der Waals surface area contributed by atoms with E-state index >= 15 is 0 Å². The van der Waals surface area contributed by atoms with Crippen LogP contribution < -0.4 is 0 Å². The van der Waals surface area contributed by atoms with Crippen molar-refractivity contribution in [2.75, 3.05) is 0 Å². The molecule has 4 heteroatoms. The maximum absolute atomic E-state index is 0. The first kappa shape index (κ1) is 39.3. The monoisotopic (exact) mass is 303 g/mol. The van der Waals surface area contributed by atoms with Crippen molar-refractivity contribution in [3.05, 3.63) is 0 Å². The summed E-state index contributed by atoms with van der Waals surface area (Å²) in [5.41, 5.74) is 0. The van der Waals surface area contributed by atoms with E-state index in [9.17, 15) is 0 Å². The van der Waals surface area contributed by atoms with Gasteiger partial charge in [0.05, 0.1) is 0 Å². The van der Waals surface area contributed by atoms with Crippen molar-refractivity contribution in [1.29, 1.82) is 0 Å². The summed E-state index contributed by atoms with van der Waals surface area (Å²) in [6.45, 7) is 0. The van der Waals surface area contributed by atoms with Crippen LogP contribution in [0.4, 0.5) is 0 Å². The van der Waals surface area contributed by atoms with E-state index in [0.29, 0.717) is 0 Å². The van der Waals surface area contributed by atoms with E-state index in [1.165, 1.54) is 0 Å².